The third kappa shape index (κ3) is 3.74. The maximum Gasteiger partial charge on any atom is 0.330 e. The van der Waals surface area contributed by atoms with E-state index in [2.05, 4.69) is 9.97 Å². The number of fused-ring (bicyclic) bond motifs is 1. The molecule has 4 saturated carbocycles. The molecule has 33 heavy (non-hydrogen) atoms. The van der Waals surface area contributed by atoms with Crippen molar-refractivity contribution in [3.63, 3.8) is 0 Å². The van der Waals surface area contributed by atoms with E-state index in [-0.39, 0.29) is 12.6 Å². The summed E-state index contributed by atoms with van der Waals surface area (Å²) in [6, 6.07) is 0. The molecule has 180 valence electrons. The van der Waals surface area contributed by atoms with Crippen LogP contribution in [0.4, 0.5) is 0 Å². The van der Waals surface area contributed by atoms with Gasteiger partial charge >= 0.3 is 11.7 Å². The number of H-pyrrole nitrogens is 1. The van der Waals surface area contributed by atoms with E-state index in [0.717, 1.165) is 51.4 Å². The van der Waals surface area contributed by atoms with Crippen molar-refractivity contribution in [3.8, 4) is 0 Å². The highest BCUT2D eigenvalue weighted by molar-refractivity contribution is 5.78. The van der Waals surface area contributed by atoms with Gasteiger partial charge in [-0.15, -0.1) is 0 Å². The summed E-state index contributed by atoms with van der Waals surface area (Å²) in [6.45, 7) is 4.99. The minimum absolute atomic E-state index is 0.0512. The first-order valence-electron chi connectivity index (χ1n) is 12.4. The summed E-state index contributed by atoms with van der Waals surface area (Å²) in [7, 11) is 0. The average Bonchev–Trinajstić information content (AvgIpc) is 3.09. The van der Waals surface area contributed by atoms with Gasteiger partial charge in [-0.3, -0.25) is 19.1 Å². The van der Waals surface area contributed by atoms with Crippen molar-refractivity contribution in [2.75, 3.05) is 0 Å². The van der Waals surface area contributed by atoms with E-state index in [1.807, 2.05) is 13.8 Å². The minimum atomic E-state index is -0.735. The van der Waals surface area contributed by atoms with Crippen molar-refractivity contribution in [1.29, 1.82) is 0 Å². The Kier molecular flexibility index (Phi) is 5.50. The Morgan fingerprint density at radius 1 is 1.12 bits per heavy atom. The molecule has 2 N–H and O–H groups in total. The Labute approximate surface area is 192 Å². The van der Waals surface area contributed by atoms with Gasteiger partial charge in [0.05, 0.1) is 11.0 Å². The van der Waals surface area contributed by atoms with Crippen LogP contribution >= 0.6 is 0 Å². The summed E-state index contributed by atoms with van der Waals surface area (Å²) in [5.41, 5.74) is -1.58. The third-order valence-corrected chi connectivity index (χ3v) is 7.94. The van der Waals surface area contributed by atoms with Gasteiger partial charge in [-0.25, -0.2) is 9.78 Å². The van der Waals surface area contributed by atoms with E-state index in [1.165, 1.54) is 4.57 Å². The van der Waals surface area contributed by atoms with Crippen molar-refractivity contribution < 1.29 is 14.6 Å². The number of aliphatic hydroxyl groups is 1. The number of esters is 1. The molecule has 9 nitrogen and oxygen atoms in total. The molecular formula is C24H34N4O5. The van der Waals surface area contributed by atoms with E-state index in [9.17, 15) is 19.5 Å². The number of carbonyl (C=O) groups excluding carboxylic acids is 1. The molecule has 0 saturated heterocycles. The van der Waals surface area contributed by atoms with Crippen molar-refractivity contribution in [2.45, 2.75) is 96.9 Å². The lowest BCUT2D eigenvalue weighted by atomic mass is 9.48. The number of ether oxygens (including phenoxy) is 1. The van der Waals surface area contributed by atoms with Crippen LogP contribution in [0.25, 0.3) is 11.2 Å². The highest BCUT2D eigenvalue weighted by Crippen LogP contribution is 2.62. The monoisotopic (exact) mass is 458 g/mol. The fraction of sp³-hybridized carbons (Fsp3) is 0.750. The second kappa shape index (κ2) is 8.11. The van der Waals surface area contributed by atoms with Crippen molar-refractivity contribution >= 4 is 17.1 Å². The van der Waals surface area contributed by atoms with Crippen LogP contribution in [0.3, 0.4) is 0 Å². The lowest BCUT2D eigenvalue weighted by Crippen LogP contribution is -2.58. The molecule has 9 heteroatoms. The zero-order valence-electron chi connectivity index (χ0n) is 19.6. The molecule has 0 spiro atoms. The molecule has 2 aromatic heterocycles. The Bertz CT molecular complexity index is 1180. The number of aryl methyl sites for hydroxylation is 2. The molecule has 4 fully saturated rings. The smallest absolute Gasteiger partial charge is 0.330 e. The molecule has 0 unspecified atom stereocenters. The largest absolute Gasteiger partial charge is 0.457 e. The highest BCUT2D eigenvalue weighted by atomic mass is 16.5. The zero-order valence-corrected chi connectivity index (χ0v) is 19.6. The number of aromatic nitrogens is 4. The summed E-state index contributed by atoms with van der Waals surface area (Å²) < 4.78 is 9.11. The van der Waals surface area contributed by atoms with Crippen LogP contribution in [-0.4, -0.2) is 35.8 Å². The number of imidazole rings is 1. The first kappa shape index (κ1) is 22.4. The number of nitrogens with zero attached hydrogens (tertiary/aromatic N) is 3. The first-order chi connectivity index (χ1) is 15.8. The topological polar surface area (TPSA) is 119 Å². The first-order valence-corrected chi connectivity index (χ1v) is 12.4. The second-order valence-corrected chi connectivity index (χ2v) is 10.7. The van der Waals surface area contributed by atoms with Gasteiger partial charge in [-0.05, 0) is 63.2 Å². The zero-order chi connectivity index (χ0) is 23.4. The van der Waals surface area contributed by atoms with Crippen LogP contribution < -0.4 is 11.2 Å². The second-order valence-electron chi connectivity index (χ2n) is 10.7. The van der Waals surface area contributed by atoms with Gasteiger partial charge < -0.3 is 14.4 Å². The predicted molar refractivity (Wildman–Crippen MR) is 122 cm³/mol. The van der Waals surface area contributed by atoms with Gasteiger partial charge in [0.15, 0.2) is 11.2 Å². The van der Waals surface area contributed by atoms with Crippen molar-refractivity contribution in [2.24, 2.45) is 17.3 Å². The van der Waals surface area contributed by atoms with E-state index in [0.29, 0.717) is 48.3 Å². The number of aromatic amines is 1. The SMILES string of the molecule is CCCCn1c(=O)[nH]c(=O)c2c1nc(COC(=O)C13C[C@H]4C[C@@H](CC(O)(C4)C1)C3)n2CCC. The number of nitrogens with one attached hydrogen (secondary N) is 1. The van der Waals surface area contributed by atoms with Gasteiger partial charge in [0, 0.05) is 13.1 Å². The Morgan fingerprint density at radius 3 is 2.48 bits per heavy atom. The molecule has 0 radical (unpaired) electrons. The van der Waals surface area contributed by atoms with Crippen LogP contribution in [0.15, 0.2) is 9.59 Å². The molecule has 2 atom stereocenters. The molecule has 2 aromatic rings. The Hall–Kier alpha value is -2.42. The van der Waals surface area contributed by atoms with Crippen molar-refractivity contribution in [1.82, 2.24) is 19.1 Å². The summed E-state index contributed by atoms with van der Waals surface area (Å²) >= 11 is 0. The summed E-state index contributed by atoms with van der Waals surface area (Å²) in [5, 5.41) is 11.0. The maximum atomic E-state index is 13.3. The summed E-state index contributed by atoms with van der Waals surface area (Å²) in [6.07, 6.45) is 7.20. The maximum absolute atomic E-state index is 13.3. The Morgan fingerprint density at radius 2 is 1.85 bits per heavy atom. The fourth-order valence-electron chi connectivity index (χ4n) is 7.05. The van der Waals surface area contributed by atoms with Crippen LogP contribution in [-0.2, 0) is 29.2 Å². The van der Waals surface area contributed by atoms with Crippen LogP contribution in [0.2, 0.25) is 0 Å². The number of rotatable bonds is 8. The quantitative estimate of drug-likeness (QED) is 0.587. The molecule has 0 amide bonds. The predicted octanol–water partition coefficient (Wildman–Crippen LogP) is 2.47. The van der Waals surface area contributed by atoms with Gasteiger partial charge in [0.25, 0.3) is 5.56 Å². The van der Waals surface area contributed by atoms with Crippen LogP contribution in [0.1, 0.15) is 77.5 Å². The minimum Gasteiger partial charge on any atom is -0.457 e. The number of unbranched alkanes of at least 4 members (excludes halogenated alkanes) is 1. The van der Waals surface area contributed by atoms with Gasteiger partial charge in [0.1, 0.15) is 12.4 Å². The number of hydrogen-bond acceptors (Lipinski definition) is 6. The molecular weight excluding hydrogens is 424 g/mol. The number of carbonyl (C=O) groups is 1. The standard InChI is InChI=1S/C24H34N4O5/c1-3-5-7-28-19-18(20(29)26-22(28)31)27(6-4-2)17(25-19)13-33-21(30)23-9-15-8-16(10-23)12-24(32,11-15)14-23/h15-16,32H,3-14H2,1-2H3,(H,26,29,31)/t15-,16-,23?,24?/m1/s1. The van der Waals surface area contributed by atoms with Gasteiger partial charge in [-0.2, -0.15) is 0 Å². The fourth-order valence-corrected chi connectivity index (χ4v) is 7.05. The average molecular weight is 459 g/mol. The molecule has 4 bridgehead atoms. The third-order valence-electron chi connectivity index (χ3n) is 7.94. The van der Waals surface area contributed by atoms with Gasteiger partial charge in [0.2, 0.25) is 0 Å². The van der Waals surface area contributed by atoms with Gasteiger partial charge in [-0.1, -0.05) is 20.3 Å². The van der Waals surface area contributed by atoms with E-state index < -0.39 is 22.3 Å². The summed E-state index contributed by atoms with van der Waals surface area (Å²) in [5.74, 6) is 0.993. The Balaban J connectivity index is 1.45. The van der Waals surface area contributed by atoms with E-state index in [1.54, 1.807) is 4.57 Å². The van der Waals surface area contributed by atoms with Crippen LogP contribution in [0, 0.1) is 17.3 Å². The number of hydrogen-bond donors (Lipinski definition) is 2. The molecule has 0 aliphatic heterocycles. The molecule has 4 aliphatic carbocycles. The normalized spacial score (nSPS) is 30.3. The van der Waals surface area contributed by atoms with E-state index >= 15 is 0 Å². The molecule has 4 aliphatic rings. The summed E-state index contributed by atoms with van der Waals surface area (Å²) in [4.78, 5) is 45.5. The van der Waals surface area contributed by atoms with E-state index in [4.69, 9.17) is 4.74 Å². The lowest BCUT2D eigenvalue weighted by Gasteiger charge is -2.58. The lowest BCUT2D eigenvalue weighted by molar-refractivity contribution is -0.197. The van der Waals surface area contributed by atoms with Crippen LogP contribution in [0.5, 0.6) is 0 Å². The molecule has 2 heterocycles. The highest BCUT2D eigenvalue weighted by Gasteiger charge is 2.60. The molecule has 6 rings (SSSR count). The van der Waals surface area contributed by atoms with Crippen molar-refractivity contribution in [3.05, 3.63) is 26.7 Å². The molecule has 0 aromatic carbocycles.